The average molecular weight is 359 g/mol. The number of hydrogen-bond donors (Lipinski definition) is 0. The Bertz CT molecular complexity index is 684. The van der Waals surface area contributed by atoms with Gasteiger partial charge in [0.1, 0.15) is 0 Å². The van der Waals surface area contributed by atoms with E-state index < -0.39 is 0 Å². The van der Waals surface area contributed by atoms with E-state index in [-0.39, 0.29) is 11.2 Å². The summed E-state index contributed by atoms with van der Waals surface area (Å²) in [6, 6.07) is 10.4. The molecule has 0 saturated heterocycles. The number of tetrazole rings is 1. The van der Waals surface area contributed by atoms with Crippen LogP contribution in [0.4, 0.5) is 0 Å². The van der Waals surface area contributed by atoms with Crippen molar-refractivity contribution in [3.63, 3.8) is 0 Å². The lowest BCUT2D eigenvalue weighted by Crippen LogP contribution is -2.33. The zero-order valence-corrected chi connectivity index (χ0v) is 15.7. The van der Waals surface area contributed by atoms with Crippen LogP contribution in [-0.2, 0) is 11.3 Å². The lowest BCUT2D eigenvalue weighted by atomic mass is 9.96. The smallest absolute Gasteiger partial charge is 0.235 e. The van der Waals surface area contributed by atoms with Crippen molar-refractivity contribution in [2.75, 3.05) is 7.05 Å². The second-order valence-electron chi connectivity index (χ2n) is 6.64. The Labute approximate surface area is 153 Å². The average Bonchev–Trinajstić information content (AvgIpc) is 3.10. The molecule has 6 nitrogen and oxygen atoms in total. The molecule has 0 spiro atoms. The van der Waals surface area contributed by atoms with Crippen LogP contribution in [-0.4, -0.2) is 43.3 Å². The fraction of sp³-hybridized carbons (Fsp3) is 0.556. The molecule has 3 rings (SSSR count). The molecule has 1 fully saturated rings. The van der Waals surface area contributed by atoms with Gasteiger partial charge in [0.15, 0.2) is 0 Å². The summed E-state index contributed by atoms with van der Waals surface area (Å²) in [6.45, 7) is 2.53. The number of carbonyl (C=O) groups excluding carboxylic acids is 1. The van der Waals surface area contributed by atoms with Crippen LogP contribution in [0.2, 0.25) is 0 Å². The number of carbonyl (C=O) groups is 1. The van der Waals surface area contributed by atoms with E-state index in [1.54, 1.807) is 4.90 Å². The van der Waals surface area contributed by atoms with Gasteiger partial charge in [0, 0.05) is 13.6 Å². The molecule has 134 valence electrons. The van der Waals surface area contributed by atoms with E-state index in [2.05, 4.69) is 15.5 Å². The summed E-state index contributed by atoms with van der Waals surface area (Å²) in [5.41, 5.74) is 1.13. The van der Waals surface area contributed by atoms with Gasteiger partial charge in [-0.15, -0.1) is 5.10 Å². The van der Waals surface area contributed by atoms with Crippen molar-refractivity contribution in [2.45, 2.75) is 62.0 Å². The van der Waals surface area contributed by atoms with Crippen LogP contribution in [0, 0.1) is 0 Å². The summed E-state index contributed by atoms with van der Waals surface area (Å²) in [6.07, 6.45) is 5.98. The minimum Gasteiger partial charge on any atom is -0.340 e. The van der Waals surface area contributed by atoms with Gasteiger partial charge in [-0.25, -0.2) is 4.68 Å². The van der Waals surface area contributed by atoms with Gasteiger partial charge in [0.25, 0.3) is 0 Å². The van der Waals surface area contributed by atoms with Crippen molar-refractivity contribution in [3.05, 3.63) is 35.9 Å². The minimum atomic E-state index is -0.220. The second-order valence-corrected chi connectivity index (χ2v) is 7.95. The van der Waals surface area contributed by atoms with Gasteiger partial charge in [0.05, 0.1) is 11.3 Å². The summed E-state index contributed by atoms with van der Waals surface area (Å²) in [7, 11) is 1.84. The Kier molecular flexibility index (Phi) is 6.07. The highest BCUT2D eigenvalue weighted by atomic mass is 32.2. The molecular weight excluding hydrogens is 334 g/mol. The van der Waals surface area contributed by atoms with Gasteiger partial charge in [-0.1, -0.05) is 61.4 Å². The van der Waals surface area contributed by atoms with E-state index in [1.165, 1.54) is 31.0 Å². The van der Waals surface area contributed by atoms with E-state index in [0.29, 0.717) is 12.6 Å². The number of aromatic nitrogens is 4. The molecule has 0 bridgehead atoms. The van der Waals surface area contributed by atoms with Crippen molar-refractivity contribution in [1.82, 2.24) is 25.1 Å². The van der Waals surface area contributed by atoms with Gasteiger partial charge < -0.3 is 4.90 Å². The van der Waals surface area contributed by atoms with Gasteiger partial charge >= 0.3 is 0 Å². The molecular formula is C18H25N5OS. The summed E-state index contributed by atoms with van der Waals surface area (Å²) in [5.74, 6) is 0.0899. The third kappa shape index (κ3) is 4.60. The quantitative estimate of drug-likeness (QED) is 0.740. The van der Waals surface area contributed by atoms with E-state index >= 15 is 0 Å². The molecule has 7 heteroatoms. The molecule has 2 aromatic rings. The molecule has 1 aromatic heterocycles. The summed E-state index contributed by atoms with van der Waals surface area (Å²) in [5, 5.41) is 12.7. The molecule has 0 aliphatic heterocycles. The van der Waals surface area contributed by atoms with Crippen LogP contribution in [0.25, 0.3) is 0 Å². The maximum Gasteiger partial charge on any atom is 0.235 e. The zero-order valence-electron chi connectivity index (χ0n) is 14.8. The lowest BCUT2D eigenvalue weighted by molar-refractivity contribution is -0.129. The first-order valence-corrected chi connectivity index (χ1v) is 9.76. The van der Waals surface area contributed by atoms with Crippen LogP contribution < -0.4 is 0 Å². The SMILES string of the molecule is CC(Sc1nnnn1C1CCCCC1)C(=O)N(C)Cc1ccccc1. The number of benzene rings is 1. The topological polar surface area (TPSA) is 63.9 Å². The van der Waals surface area contributed by atoms with Crippen molar-refractivity contribution >= 4 is 17.7 Å². The molecule has 1 aromatic carbocycles. The first kappa shape index (κ1) is 17.9. The Morgan fingerprint density at radius 3 is 2.72 bits per heavy atom. The molecule has 1 aliphatic rings. The van der Waals surface area contributed by atoms with Crippen LogP contribution in [0.5, 0.6) is 0 Å². The molecule has 25 heavy (non-hydrogen) atoms. The van der Waals surface area contributed by atoms with Crippen LogP contribution >= 0.6 is 11.8 Å². The van der Waals surface area contributed by atoms with Crippen molar-refractivity contribution in [3.8, 4) is 0 Å². The number of amides is 1. The Hall–Kier alpha value is -1.89. The number of thioether (sulfide) groups is 1. The molecule has 1 atom stereocenters. The normalized spacial score (nSPS) is 16.6. The lowest BCUT2D eigenvalue weighted by Gasteiger charge is -2.24. The van der Waals surface area contributed by atoms with Gasteiger partial charge in [-0.3, -0.25) is 4.79 Å². The predicted molar refractivity (Wildman–Crippen MR) is 98.2 cm³/mol. The fourth-order valence-electron chi connectivity index (χ4n) is 3.27. The molecule has 0 N–H and O–H groups in total. The first-order chi connectivity index (χ1) is 12.1. The highest BCUT2D eigenvalue weighted by Crippen LogP contribution is 2.31. The van der Waals surface area contributed by atoms with Crippen LogP contribution in [0.3, 0.4) is 0 Å². The monoisotopic (exact) mass is 359 g/mol. The summed E-state index contributed by atoms with van der Waals surface area (Å²) < 4.78 is 1.92. The molecule has 0 radical (unpaired) electrons. The highest BCUT2D eigenvalue weighted by Gasteiger charge is 2.25. The maximum atomic E-state index is 12.7. The molecule has 1 heterocycles. The number of rotatable bonds is 6. The first-order valence-electron chi connectivity index (χ1n) is 8.88. The number of nitrogens with zero attached hydrogens (tertiary/aromatic N) is 5. The Morgan fingerprint density at radius 1 is 1.28 bits per heavy atom. The Morgan fingerprint density at radius 2 is 2.00 bits per heavy atom. The van der Waals surface area contributed by atoms with Gasteiger partial charge in [0.2, 0.25) is 11.1 Å². The van der Waals surface area contributed by atoms with E-state index in [0.717, 1.165) is 23.6 Å². The van der Waals surface area contributed by atoms with Crippen LogP contribution in [0.15, 0.2) is 35.5 Å². The van der Waals surface area contributed by atoms with Crippen molar-refractivity contribution in [2.24, 2.45) is 0 Å². The largest absolute Gasteiger partial charge is 0.340 e. The molecule has 1 saturated carbocycles. The highest BCUT2D eigenvalue weighted by molar-refractivity contribution is 8.00. The van der Waals surface area contributed by atoms with Gasteiger partial charge in [-0.05, 0) is 35.8 Å². The third-order valence-electron chi connectivity index (χ3n) is 4.65. The standard InChI is InChI=1S/C18H25N5OS/c1-14(17(24)22(2)13-15-9-5-3-6-10-15)25-18-19-20-21-23(18)16-11-7-4-8-12-16/h3,5-6,9-10,14,16H,4,7-8,11-13H2,1-2H3. The molecule has 1 unspecified atom stereocenters. The van der Waals surface area contributed by atoms with Crippen LogP contribution in [0.1, 0.15) is 50.6 Å². The summed E-state index contributed by atoms with van der Waals surface area (Å²) >= 11 is 1.45. The fourth-order valence-corrected chi connectivity index (χ4v) is 4.25. The number of hydrogen-bond acceptors (Lipinski definition) is 5. The van der Waals surface area contributed by atoms with E-state index in [4.69, 9.17) is 0 Å². The maximum absolute atomic E-state index is 12.7. The zero-order chi connectivity index (χ0) is 17.6. The third-order valence-corrected chi connectivity index (χ3v) is 5.69. The molecule has 1 amide bonds. The molecule has 1 aliphatic carbocycles. The van der Waals surface area contributed by atoms with E-state index in [9.17, 15) is 4.79 Å². The summed E-state index contributed by atoms with van der Waals surface area (Å²) in [4.78, 5) is 14.5. The van der Waals surface area contributed by atoms with Crippen molar-refractivity contribution < 1.29 is 4.79 Å². The van der Waals surface area contributed by atoms with Crippen molar-refractivity contribution in [1.29, 1.82) is 0 Å². The van der Waals surface area contributed by atoms with Gasteiger partial charge in [-0.2, -0.15) is 0 Å². The second kappa shape index (κ2) is 8.47. The Balaban J connectivity index is 1.61. The predicted octanol–water partition coefficient (Wildman–Crippen LogP) is 3.32. The minimum absolute atomic E-state index is 0.0899. The van der Waals surface area contributed by atoms with E-state index in [1.807, 2.05) is 49.0 Å².